The number of hydrogen-bond donors (Lipinski definition) is 3. The van der Waals surface area contributed by atoms with Crippen LogP contribution in [-0.4, -0.2) is 49.3 Å². The number of para-hydroxylation sites is 1. The minimum atomic E-state index is -0.547. The monoisotopic (exact) mass is 708 g/mol. The molecule has 5 aromatic rings. The van der Waals surface area contributed by atoms with Crippen molar-refractivity contribution in [2.45, 2.75) is 23.5 Å². The molecule has 4 aromatic carbocycles. The van der Waals surface area contributed by atoms with Crippen LogP contribution in [0.3, 0.4) is 0 Å². The normalized spacial score (nSPS) is 11.6. The number of rotatable bonds is 14. The highest BCUT2D eigenvalue weighted by molar-refractivity contribution is 8.00. The molecule has 1 unspecified atom stereocenters. The van der Waals surface area contributed by atoms with E-state index >= 15 is 0 Å². The van der Waals surface area contributed by atoms with Gasteiger partial charge in [0.25, 0.3) is 11.8 Å². The predicted octanol–water partition coefficient (Wildman–Crippen LogP) is 7.75. The van der Waals surface area contributed by atoms with Gasteiger partial charge in [-0.05, 0) is 67.1 Å². The Morgan fingerprint density at radius 3 is 2.34 bits per heavy atom. The Kier molecular flexibility index (Phi) is 12.3. The van der Waals surface area contributed by atoms with Gasteiger partial charge in [-0.3, -0.25) is 14.4 Å². The van der Waals surface area contributed by atoms with Gasteiger partial charge in [0.2, 0.25) is 5.91 Å². The summed E-state index contributed by atoms with van der Waals surface area (Å²) in [6, 6.07) is 28.5. The second-order valence-electron chi connectivity index (χ2n) is 10.7. The minimum absolute atomic E-state index is 0.00197. The van der Waals surface area contributed by atoms with Gasteiger partial charge in [-0.15, -0.1) is 23.1 Å². The van der Waals surface area contributed by atoms with Crippen LogP contribution >= 0.6 is 23.1 Å². The van der Waals surface area contributed by atoms with Gasteiger partial charge in [0.05, 0.1) is 32.3 Å². The molecule has 0 fully saturated rings. The van der Waals surface area contributed by atoms with Crippen LogP contribution in [0.15, 0.2) is 113 Å². The standard InChI is InChI=1S/C38H36N4O6S2/c1-5-34(37(45)42-38-41-31(23-49-38)29-16-9-10-17-32(29)47-3)50-28-15-11-14-26(21-28)39-36(44)30(40-35(43)24-12-7-6-8-13-24)20-25-18-19-27(46-2)22-33(25)48-4/h6-23,34H,5H2,1-4H3,(H,39,44)(H,40,43)(H,41,42,45)/b30-20+. The van der Waals surface area contributed by atoms with E-state index in [-0.39, 0.29) is 11.6 Å². The molecule has 0 saturated heterocycles. The smallest absolute Gasteiger partial charge is 0.272 e. The summed E-state index contributed by atoms with van der Waals surface area (Å²) in [6.07, 6.45) is 2.10. The Balaban J connectivity index is 1.31. The molecule has 10 nitrogen and oxygen atoms in total. The molecule has 3 amide bonds. The number of hydrogen-bond acceptors (Lipinski definition) is 9. The number of thiazole rings is 1. The van der Waals surface area contributed by atoms with Crippen molar-refractivity contribution in [3.63, 3.8) is 0 Å². The minimum Gasteiger partial charge on any atom is -0.497 e. The first kappa shape index (κ1) is 35.7. The van der Waals surface area contributed by atoms with Crippen molar-refractivity contribution in [1.29, 1.82) is 0 Å². The molecular formula is C38H36N4O6S2. The topological polar surface area (TPSA) is 128 Å². The van der Waals surface area contributed by atoms with Crippen LogP contribution in [-0.2, 0) is 9.59 Å². The van der Waals surface area contributed by atoms with Gasteiger partial charge in [0, 0.05) is 38.7 Å². The van der Waals surface area contributed by atoms with Crippen LogP contribution in [0.5, 0.6) is 17.2 Å². The lowest BCUT2D eigenvalue weighted by Gasteiger charge is -2.15. The molecule has 0 aliphatic rings. The molecule has 50 heavy (non-hydrogen) atoms. The van der Waals surface area contributed by atoms with Gasteiger partial charge in [-0.2, -0.15) is 0 Å². The molecule has 256 valence electrons. The van der Waals surface area contributed by atoms with Crippen LogP contribution in [0, 0.1) is 0 Å². The van der Waals surface area contributed by atoms with Gasteiger partial charge in [0.1, 0.15) is 22.9 Å². The van der Waals surface area contributed by atoms with Gasteiger partial charge in [-0.1, -0.05) is 43.3 Å². The molecule has 0 aliphatic carbocycles. The summed E-state index contributed by atoms with van der Waals surface area (Å²) in [5.74, 6) is 0.557. The number of carbonyl (C=O) groups is 3. The molecule has 1 heterocycles. The number of carbonyl (C=O) groups excluding carboxylic acids is 3. The third-order valence-electron chi connectivity index (χ3n) is 7.42. The third kappa shape index (κ3) is 9.10. The van der Waals surface area contributed by atoms with E-state index < -0.39 is 17.1 Å². The fourth-order valence-corrected chi connectivity index (χ4v) is 6.59. The quantitative estimate of drug-likeness (QED) is 0.0790. The first-order valence-electron chi connectivity index (χ1n) is 15.6. The zero-order valence-electron chi connectivity index (χ0n) is 27.9. The van der Waals surface area contributed by atoms with E-state index in [0.717, 1.165) is 10.5 Å². The molecule has 1 aromatic heterocycles. The number of methoxy groups -OCH3 is 3. The summed E-state index contributed by atoms with van der Waals surface area (Å²) >= 11 is 2.72. The Morgan fingerprint density at radius 2 is 1.60 bits per heavy atom. The van der Waals surface area contributed by atoms with Gasteiger partial charge in [-0.25, -0.2) is 4.98 Å². The van der Waals surface area contributed by atoms with Crippen molar-refractivity contribution in [2.75, 3.05) is 32.0 Å². The lowest BCUT2D eigenvalue weighted by molar-refractivity contribution is -0.116. The maximum atomic E-state index is 13.7. The molecule has 0 spiro atoms. The van der Waals surface area contributed by atoms with Crippen LogP contribution in [0.1, 0.15) is 29.3 Å². The number of benzene rings is 4. The highest BCUT2D eigenvalue weighted by Gasteiger charge is 2.21. The van der Waals surface area contributed by atoms with Crippen molar-refractivity contribution in [1.82, 2.24) is 10.3 Å². The Labute approximate surface area is 298 Å². The molecule has 0 bridgehead atoms. The van der Waals surface area contributed by atoms with Crippen LogP contribution in [0.2, 0.25) is 0 Å². The number of nitrogens with one attached hydrogen (secondary N) is 3. The Morgan fingerprint density at radius 1 is 0.840 bits per heavy atom. The van der Waals surface area contributed by atoms with E-state index in [9.17, 15) is 14.4 Å². The number of nitrogens with zero attached hydrogens (tertiary/aromatic N) is 1. The number of aromatic nitrogens is 1. The lowest BCUT2D eigenvalue weighted by atomic mass is 10.1. The van der Waals surface area contributed by atoms with Gasteiger partial charge >= 0.3 is 0 Å². The van der Waals surface area contributed by atoms with Crippen molar-refractivity contribution >= 4 is 57.7 Å². The summed E-state index contributed by atoms with van der Waals surface area (Å²) < 4.78 is 16.3. The molecule has 5 rings (SSSR count). The molecule has 3 N–H and O–H groups in total. The average molecular weight is 709 g/mol. The summed E-state index contributed by atoms with van der Waals surface area (Å²) in [5.41, 5.74) is 2.99. The van der Waals surface area contributed by atoms with E-state index in [2.05, 4.69) is 20.9 Å². The van der Waals surface area contributed by atoms with E-state index in [1.54, 1.807) is 87.0 Å². The molecule has 1 atom stereocenters. The largest absolute Gasteiger partial charge is 0.497 e. The van der Waals surface area contributed by atoms with Crippen LogP contribution in [0.4, 0.5) is 10.8 Å². The number of anilines is 2. The van der Waals surface area contributed by atoms with E-state index in [1.807, 2.05) is 42.6 Å². The van der Waals surface area contributed by atoms with Crippen LogP contribution in [0.25, 0.3) is 17.3 Å². The molecular weight excluding hydrogens is 673 g/mol. The fraction of sp³-hybridized carbons (Fsp3) is 0.158. The maximum absolute atomic E-state index is 13.7. The molecule has 12 heteroatoms. The molecule has 0 aliphatic heterocycles. The second kappa shape index (κ2) is 17.2. The lowest BCUT2D eigenvalue weighted by Crippen LogP contribution is -2.30. The summed E-state index contributed by atoms with van der Waals surface area (Å²) in [7, 11) is 4.67. The highest BCUT2D eigenvalue weighted by atomic mass is 32.2. The Hall–Kier alpha value is -5.59. The first-order chi connectivity index (χ1) is 24.3. The van der Waals surface area contributed by atoms with Crippen molar-refractivity contribution < 1.29 is 28.6 Å². The first-order valence-corrected chi connectivity index (χ1v) is 17.4. The van der Waals surface area contributed by atoms with Crippen molar-refractivity contribution in [3.05, 3.63) is 119 Å². The number of thioether (sulfide) groups is 1. The molecule has 0 saturated carbocycles. The highest BCUT2D eigenvalue weighted by Crippen LogP contribution is 2.33. The summed E-state index contributed by atoms with van der Waals surface area (Å²) in [5, 5.41) is 10.5. The Bertz CT molecular complexity index is 2000. The third-order valence-corrected chi connectivity index (χ3v) is 9.54. The number of ether oxygens (including phenoxy) is 3. The number of amides is 3. The second-order valence-corrected chi connectivity index (χ2v) is 12.8. The fourth-order valence-electron chi connectivity index (χ4n) is 4.86. The SMILES string of the molecule is CCC(Sc1cccc(NC(=O)/C(=C\c2ccc(OC)cc2OC)NC(=O)c2ccccc2)c1)C(=O)Nc1nc(-c2ccccc2OC)cs1. The van der Waals surface area contributed by atoms with Crippen molar-refractivity contribution in [3.8, 4) is 28.5 Å². The van der Waals surface area contributed by atoms with Gasteiger partial charge < -0.3 is 30.2 Å². The van der Waals surface area contributed by atoms with E-state index in [0.29, 0.717) is 51.3 Å². The van der Waals surface area contributed by atoms with Crippen LogP contribution < -0.4 is 30.2 Å². The summed E-state index contributed by atoms with van der Waals surface area (Å²) in [6.45, 7) is 1.94. The average Bonchev–Trinajstić information content (AvgIpc) is 3.62. The van der Waals surface area contributed by atoms with Gasteiger partial charge in [0.15, 0.2) is 5.13 Å². The zero-order valence-corrected chi connectivity index (χ0v) is 29.5. The zero-order chi connectivity index (χ0) is 35.5. The van der Waals surface area contributed by atoms with E-state index in [4.69, 9.17) is 14.2 Å². The van der Waals surface area contributed by atoms with E-state index in [1.165, 1.54) is 30.2 Å². The summed E-state index contributed by atoms with van der Waals surface area (Å²) in [4.78, 5) is 45.5. The van der Waals surface area contributed by atoms with Crippen molar-refractivity contribution in [2.24, 2.45) is 0 Å². The maximum Gasteiger partial charge on any atom is 0.272 e. The predicted molar refractivity (Wildman–Crippen MR) is 199 cm³/mol. The molecule has 0 radical (unpaired) electrons.